The highest BCUT2D eigenvalue weighted by Crippen LogP contribution is 2.44. The number of carbonyl (C=O) groups excluding carboxylic acids is 2. The van der Waals surface area contributed by atoms with Crippen LogP contribution < -0.4 is 20.4 Å². The van der Waals surface area contributed by atoms with Gasteiger partial charge in [0, 0.05) is 31.4 Å². The zero-order valence-corrected chi connectivity index (χ0v) is 22.4. The van der Waals surface area contributed by atoms with E-state index in [1.165, 1.54) is 12.8 Å². The molecule has 10 heteroatoms. The van der Waals surface area contributed by atoms with E-state index >= 15 is 0 Å². The molecule has 0 unspecified atom stereocenters. The molecule has 4 heterocycles. The van der Waals surface area contributed by atoms with Crippen molar-refractivity contribution < 1.29 is 9.59 Å². The van der Waals surface area contributed by atoms with Gasteiger partial charge in [0.2, 0.25) is 11.9 Å². The van der Waals surface area contributed by atoms with Gasteiger partial charge in [-0.05, 0) is 70.8 Å². The highest BCUT2D eigenvalue weighted by molar-refractivity contribution is 5.99. The summed E-state index contributed by atoms with van der Waals surface area (Å²) in [7, 11) is 3.96. The Morgan fingerprint density at radius 3 is 2.47 bits per heavy atom. The summed E-state index contributed by atoms with van der Waals surface area (Å²) in [4.78, 5) is 46.5. The predicted octanol–water partition coefficient (Wildman–Crippen LogP) is 3.33. The van der Waals surface area contributed by atoms with Crippen molar-refractivity contribution in [3.05, 3.63) is 30.1 Å². The Bertz CT molecular complexity index is 1170. The fourth-order valence-electron chi connectivity index (χ4n) is 6.70. The van der Waals surface area contributed by atoms with Gasteiger partial charge < -0.3 is 25.3 Å². The first-order chi connectivity index (χ1) is 18.5. The van der Waals surface area contributed by atoms with Crippen LogP contribution in [0, 0.1) is 5.92 Å². The minimum absolute atomic E-state index is 0.0149. The van der Waals surface area contributed by atoms with E-state index in [4.69, 9.17) is 4.98 Å². The van der Waals surface area contributed by atoms with Crippen LogP contribution in [0.15, 0.2) is 24.5 Å². The van der Waals surface area contributed by atoms with Gasteiger partial charge in [0.15, 0.2) is 5.82 Å². The molecule has 2 amide bonds. The lowest BCUT2D eigenvalue weighted by Crippen LogP contribution is -2.46. The number of hydrogen-bond acceptors (Lipinski definition) is 8. The standard InChI is InChI=1S/C28H38N8O2/c1-34-14-12-19(13-15-34)31-26(37)18-10-11-24(29-16-18)32-28-30-17-23-25(33-28)36(20-6-3-4-7-20)22-9-5-8-21(22)27(38)35(23)2/h10-11,16-17,19-22H,3-9,12-15H2,1-2H3,(H,31,37)(H,29,30,32,33)/t21-,22+/m0/s1. The quantitative estimate of drug-likeness (QED) is 0.621. The molecule has 0 radical (unpaired) electrons. The lowest BCUT2D eigenvalue weighted by atomic mass is 9.99. The average Bonchev–Trinajstić information content (AvgIpc) is 3.62. The second-order valence-corrected chi connectivity index (χ2v) is 11.4. The predicted molar refractivity (Wildman–Crippen MR) is 147 cm³/mol. The Morgan fingerprint density at radius 1 is 0.947 bits per heavy atom. The molecule has 6 rings (SSSR count). The minimum atomic E-state index is -0.0917. The first-order valence-corrected chi connectivity index (χ1v) is 14.1. The number of fused-ring (bicyclic) bond motifs is 2. The van der Waals surface area contributed by atoms with E-state index < -0.39 is 0 Å². The maximum atomic E-state index is 13.3. The third-order valence-electron chi connectivity index (χ3n) is 8.88. The number of anilines is 4. The summed E-state index contributed by atoms with van der Waals surface area (Å²) in [5, 5.41) is 6.36. The van der Waals surface area contributed by atoms with E-state index in [1.54, 1.807) is 29.4 Å². The van der Waals surface area contributed by atoms with Gasteiger partial charge in [-0.3, -0.25) is 9.59 Å². The van der Waals surface area contributed by atoms with Gasteiger partial charge in [0.25, 0.3) is 5.91 Å². The van der Waals surface area contributed by atoms with E-state index in [0.717, 1.165) is 69.5 Å². The van der Waals surface area contributed by atoms with Crippen molar-refractivity contribution in [1.29, 1.82) is 0 Å². The summed E-state index contributed by atoms with van der Waals surface area (Å²) in [6.07, 6.45) is 13.0. The number of aromatic nitrogens is 3. The summed E-state index contributed by atoms with van der Waals surface area (Å²) in [5.41, 5.74) is 1.31. The fourth-order valence-corrected chi connectivity index (χ4v) is 6.70. The van der Waals surface area contributed by atoms with Gasteiger partial charge in [0.1, 0.15) is 11.5 Å². The number of carbonyl (C=O) groups is 2. The monoisotopic (exact) mass is 518 g/mol. The Morgan fingerprint density at radius 2 is 1.74 bits per heavy atom. The number of nitrogens with one attached hydrogen (secondary N) is 2. The van der Waals surface area contributed by atoms with Crippen molar-refractivity contribution in [2.75, 3.05) is 42.3 Å². The topological polar surface area (TPSA) is 107 Å². The van der Waals surface area contributed by atoms with Gasteiger partial charge >= 0.3 is 0 Å². The van der Waals surface area contributed by atoms with Crippen LogP contribution in [0.2, 0.25) is 0 Å². The van der Waals surface area contributed by atoms with Crippen molar-refractivity contribution in [2.24, 2.45) is 5.92 Å². The second-order valence-electron chi connectivity index (χ2n) is 11.4. The smallest absolute Gasteiger partial charge is 0.253 e. The van der Waals surface area contributed by atoms with Crippen LogP contribution in [0.4, 0.5) is 23.3 Å². The average molecular weight is 519 g/mol. The summed E-state index contributed by atoms with van der Waals surface area (Å²) in [6, 6.07) is 4.37. The molecule has 1 saturated heterocycles. The van der Waals surface area contributed by atoms with Crippen LogP contribution in [-0.2, 0) is 4.79 Å². The van der Waals surface area contributed by atoms with E-state index in [2.05, 4.69) is 37.4 Å². The zero-order chi connectivity index (χ0) is 26.2. The largest absolute Gasteiger partial charge is 0.349 e. The molecule has 4 aliphatic rings. The molecule has 10 nitrogen and oxygen atoms in total. The summed E-state index contributed by atoms with van der Waals surface area (Å²) < 4.78 is 0. The van der Waals surface area contributed by atoms with Crippen molar-refractivity contribution in [2.45, 2.75) is 75.9 Å². The Labute approximate surface area is 224 Å². The maximum absolute atomic E-state index is 13.3. The molecule has 2 N–H and O–H groups in total. The van der Waals surface area contributed by atoms with Gasteiger partial charge in [0.05, 0.1) is 17.7 Å². The van der Waals surface area contributed by atoms with Crippen molar-refractivity contribution in [3.63, 3.8) is 0 Å². The molecule has 3 fully saturated rings. The second kappa shape index (κ2) is 10.5. The van der Waals surface area contributed by atoms with Gasteiger partial charge in [-0.25, -0.2) is 9.97 Å². The van der Waals surface area contributed by atoms with Gasteiger partial charge in [-0.15, -0.1) is 0 Å². The number of likely N-dealkylation sites (tertiary alicyclic amines) is 1. The first-order valence-electron chi connectivity index (χ1n) is 14.1. The number of piperidine rings is 1. The molecule has 2 aliphatic heterocycles. The zero-order valence-electron chi connectivity index (χ0n) is 22.4. The molecule has 2 aromatic rings. The van der Waals surface area contributed by atoms with Crippen LogP contribution in [0.1, 0.15) is 68.1 Å². The van der Waals surface area contributed by atoms with Crippen molar-refractivity contribution in [1.82, 2.24) is 25.2 Å². The van der Waals surface area contributed by atoms with Crippen LogP contribution in [0.5, 0.6) is 0 Å². The summed E-state index contributed by atoms with van der Waals surface area (Å²) in [5.74, 6) is 1.96. The number of amides is 2. The highest BCUT2D eigenvalue weighted by Gasteiger charge is 2.46. The molecular formula is C28H38N8O2. The lowest BCUT2D eigenvalue weighted by Gasteiger charge is -2.36. The molecule has 0 aromatic carbocycles. The number of rotatable bonds is 5. The number of pyridine rings is 1. The van der Waals surface area contributed by atoms with Crippen molar-refractivity contribution >= 4 is 35.1 Å². The highest BCUT2D eigenvalue weighted by atomic mass is 16.2. The molecule has 2 saturated carbocycles. The molecule has 2 atom stereocenters. The summed E-state index contributed by atoms with van der Waals surface area (Å²) >= 11 is 0. The van der Waals surface area contributed by atoms with E-state index in [-0.39, 0.29) is 29.8 Å². The normalized spacial score (nSPS) is 24.7. The van der Waals surface area contributed by atoms with Crippen LogP contribution in [0.3, 0.4) is 0 Å². The fraction of sp³-hybridized carbons (Fsp3) is 0.607. The molecule has 0 bridgehead atoms. The van der Waals surface area contributed by atoms with Gasteiger partial charge in [-0.1, -0.05) is 19.3 Å². The van der Waals surface area contributed by atoms with Gasteiger partial charge in [-0.2, -0.15) is 4.98 Å². The molecule has 2 aliphatic carbocycles. The SMILES string of the molecule is CN1CCC(NC(=O)c2ccc(Nc3ncc4c(n3)N(C3CCCC3)[C@@H]3CCC[C@@H]3C(=O)N4C)nc2)CC1. The molecule has 38 heavy (non-hydrogen) atoms. The van der Waals surface area contributed by atoms with E-state index in [9.17, 15) is 9.59 Å². The first kappa shape index (κ1) is 25.0. The third kappa shape index (κ3) is 4.81. The Hall–Kier alpha value is -3.27. The third-order valence-corrected chi connectivity index (χ3v) is 8.88. The van der Waals surface area contributed by atoms with Crippen LogP contribution in [-0.4, -0.2) is 77.0 Å². The van der Waals surface area contributed by atoms with E-state index in [1.807, 2.05) is 7.05 Å². The molecule has 202 valence electrons. The Kier molecular flexibility index (Phi) is 6.90. The van der Waals surface area contributed by atoms with Crippen LogP contribution in [0.25, 0.3) is 0 Å². The minimum Gasteiger partial charge on any atom is -0.349 e. The molecule has 2 aromatic heterocycles. The lowest BCUT2D eigenvalue weighted by molar-refractivity contribution is -0.122. The van der Waals surface area contributed by atoms with Crippen LogP contribution >= 0.6 is 0 Å². The molecule has 0 spiro atoms. The number of hydrogen-bond donors (Lipinski definition) is 2. The van der Waals surface area contributed by atoms with E-state index in [0.29, 0.717) is 23.4 Å². The number of nitrogens with zero attached hydrogens (tertiary/aromatic N) is 6. The molecular weight excluding hydrogens is 480 g/mol. The maximum Gasteiger partial charge on any atom is 0.253 e. The Balaban J connectivity index is 1.21. The summed E-state index contributed by atoms with van der Waals surface area (Å²) in [6.45, 7) is 1.99. The van der Waals surface area contributed by atoms with Crippen molar-refractivity contribution in [3.8, 4) is 0 Å².